The van der Waals surface area contributed by atoms with Gasteiger partial charge in [0.2, 0.25) is 5.91 Å². The molecule has 3 rings (SSSR count). The van der Waals surface area contributed by atoms with Gasteiger partial charge in [-0.25, -0.2) is 0 Å². The van der Waals surface area contributed by atoms with Gasteiger partial charge in [0, 0.05) is 19.6 Å². The van der Waals surface area contributed by atoms with Crippen LogP contribution in [-0.4, -0.2) is 67.2 Å². The van der Waals surface area contributed by atoms with Crippen LogP contribution in [0, 0.1) is 0 Å². The van der Waals surface area contributed by atoms with E-state index in [0.717, 1.165) is 51.1 Å². The van der Waals surface area contributed by atoms with Crippen molar-refractivity contribution >= 4 is 5.91 Å². The minimum atomic E-state index is -0.0992. The van der Waals surface area contributed by atoms with Gasteiger partial charge >= 0.3 is 0 Å². The lowest BCUT2D eigenvalue weighted by Gasteiger charge is -2.35. The van der Waals surface area contributed by atoms with Crippen molar-refractivity contribution in [1.82, 2.24) is 15.1 Å². The fourth-order valence-corrected chi connectivity index (χ4v) is 4.41. The zero-order valence-corrected chi connectivity index (χ0v) is 18.5. The van der Waals surface area contributed by atoms with Crippen molar-refractivity contribution in [1.29, 1.82) is 0 Å². The van der Waals surface area contributed by atoms with E-state index in [1.165, 1.54) is 31.5 Å². The summed E-state index contributed by atoms with van der Waals surface area (Å²) in [6.45, 7) is 12.5. The van der Waals surface area contributed by atoms with Crippen LogP contribution in [0.4, 0.5) is 0 Å². The Labute approximate surface area is 176 Å². The summed E-state index contributed by atoms with van der Waals surface area (Å²) in [5, 5.41) is 3.19. The van der Waals surface area contributed by atoms with Crippen LogP contribution in [0.3, 0.4) is 0 Å². The Kier molecular flexibility index (Phi) is 8.52. The number of likely N-dealkylation sites (tertiary alicyclic amines) is 2. The Hall–Kier alpha value is -1.43. The van der Waals surface area contributed by atoms with Crippen molar-refractivity contribution in [2.24, 2.45) is 0 Å². The maximum absolute atomic E-state index is 12.8. The van der Waals surface area contributed by atoms with Crippen LogP contribution in [0.15, 0.2) is 24.3 Å². The van der Waals surface area contributed by atoms with Gasteiger partial charge < -0.3 is 15.0 Å². The molecule has 2 aliphatic rings. The SMILES string of the molecule is CCc1ccc(C(C)NC(=O)C(C)N2CCC(OCCN3CCCC3)CC2)cc1. The maximum atomic E-state index is 12.8. The molecule has 162 valence electrons. The zero-order chi connectivity index (χ0) is 20.6. The Morgan fingerprint density at radius 3 is 2.38 bits per heavy atom. The Morgan fingerprint density at radius 1 is 1.10 bits per heavy atom. The number of amides is 1. The molecule has 0 aromatic heterocycles. The number of benzene rings is 1. The standard InChI is InChI=1S/C24H39N3O2/c1-4-21-7-9-22(10-8-21)19(2)25-24(28)20(3)27-15-11-23(12-16-27)29-18-17-26-13-5-6-14-26/h7-10,19-20,23H,4-6,11-18H2,1-3H3,(H,25,28). The first-order chi connectivity index (χ1) is 14.1. The molecule has 5 heteroatoms. The van der Waals surface area contributed by atoms with E-state index >= 15 is 0 Å². The molecule has 2 saturated heterocycles. The minimum absolute atomic E-state index is 0.0299. The number of rotatable bonds is 9. The highest BCUT2D eigenvalue weighted by Gasteiger charge is 2.27. The molecule has 1 aromatic carbocycles. The van der Waals surface area contributed by atoms with Gasteiger partial charge in [0.25, 0.3) is 0 Å². The predicted octanol–water partition coefficient (Wildman–Crippen LogP) is 3.39. The molecule has 1 N–H and O–H groups in total. The number of hydrogen-bond acceptors (Lipinski definition) is 4. The molecule has 2 aliphatic heterocycles. The summed E-state index contributed by atoms with van der Waals surface area (Å²) in [4.78, 5) is 17.6. The second kappa shape index (κ2) is 11.1. The number of aryl methyl sites for hydroxylation is 1. The number of piperidine rings is 1. The monoisotopic (exact) mass is 401 g/mol. The van der Waals surface area contributed by atoms with Crippen molar-refractivity contribution in [3.8, 4) is 0 Å². The van der Waals surface area contributed by atoms with Gasteiger partial charge in [-0.1, -0.05) is 31.2 Å². The second-order valence-electron chi connectivity index (χ2n) is 8.66. The van der Waals surface area contributed by atoms with Gasteiger partial charge in [-0.05, 0) is 70.2 Å². The molecule has 29 heavy (non-hydrogen) atoms. The summed E-state index contributed by atoms with van der Waals surface area (Å²) in [5.41, 5.74) is 2.49. The molecule has 0 radical (unpaired) electrons. The highest BCUT2D eigenvalue weighted by molar-refractivity contribution is 5.81. The van der Waals surface area contributed by atoms with Crippen LogP contribution in [0.5, 0.6) is 0 Å². The predicted molar refractivity (Wildman–Crippen MR) is 118 cm³/mol. The fourth-order valence-electron chi connectivity index (χ4n) is 4.41. The average Bonchev–Trinajstić information content (AvgIpc) is 3.27. The lowest BCUT2D eigenvalue weighted by atomic mass is 10.0. The number of carbonyl (C=O) groups excluding carboxylic acids is 1. The molecule has 5 nitrogen and oxygen atoms in total. The molecule has 2 fully saturated rings. The molecule has 2 heterocycles. The van der Waals surface area contributed by atoms with Gasteiger partial charge in [-0.3, -0.25) is 9.69 Å². The van der Waals surface area contributed by atoms with E-state index in [2.05, 4.69) is 53.2 Å². The van der Waals surface area contributed by atoms with Gasteiger partial charge in [0.05, 0.1) is 24.8 Å². The number of nitrogens with zero attached hydrogens (tertiary/aromatic N) is 2. The first kappa shape index (κ1) is 22.3. The topological polar surface area (TPSA) is 44.8 Å². The average molecular weight is 402 g/mol. The molecule has 2 atom stereocenters. The van der Waals surface area contributed by atoms with Crippen LogP contribution in [-0.2, 0) is 16.0 Å². The van der Waals surface area contributed by atoms with E-state index in [9.17, 15) is 4.79 Å². The summed E-state index contributed by atoms with van der Waals surface area (Å²) in [6.07, 6.45) is 6.09. The quantitative estimate of drug-likeness (QED) is 0.689. The van der Waals surface area contributed by atoms with Crippen LogP contribution in [0.1, 0.15) is 63.6 Å². The van der Waals surface area contributed by atoms with Crippen molar-refractivity contribution in [3.05, 3.63) is 35.4 Å². The van der Waals surface area contributed by atoms with E-state index in [-0.39, 0.29) is 18.0 Å². The third-order valence-corrected chi connectivity index (χ3v) is 6.61. The smallest absolute Gasteiger partial charge is 0.237 e. The molecular formula is C24H39N3O2. The number of hydrogen-bond donors (Lipinski definition) is 1. The highest BCUT2D eigenvalue weighted by atomic mass is 16.5. The van der Waals surface area contributed by atoms with Gasteiger partial charge in [0.1, 0.15) is 0 Å². The third kappa shape index (κ3) is 6.53. The second-order valence-corrected chi connectivity index (χ2v) is 8.66. The third-order valence-electron chi connectivity index (χ3n) is 6.61. The Balaban J connectivity index is 1.37. The molecular weight excluding hydrogens is 362 g/mol. The van der Waals surface area contributed by atoms with Crippen molar-refractivity contribution in [3.63, 3.8) is 0 Å². The van der Waals surface area contributed by atoms with Crippen LogP contribution < -0.4 is 5.32 Å². The van der Waals surface area contributed by atoms with E-state index < -0.39 is 0 Å². The summed E-state index contributed by atoms with van der Waals surface area (Å²) >= 11 is 0. The Morgan fingerprint density at radius 2 is 1.76 bits per heavy atom. The molecule has 0 bridgehead atoms. The van der Waals surface area contributed by atoms with Crippen LogP contribution >= 0.6 is 0 Å². The van der Waals surface area contributed by atoms with Crippen molar-refractivity contribution in [2.45, 2.75) is 71.1 Å². The molecule has 1 aromatic rings. The molecule has 2 unspecified atom stereocenters. The maximum Gasteiger partial charge on any atom is 0.237 e. The van der Waals surface area contributed by atoms with Gasteiger partial charge in [-0.15, -0.1) is 0 Å². The molecule has 0 spiro atoms. The minimum Gasteiger partial charge on any atom is -0.377 e. The van der Waals surface area contributed by atoms with E-state index in [4.69, 9.17) is 4.74 Å². The Bertz CT molecular complexity index is 620. The van der Waals surface area contributed by atoms with Gasteiger partial charge in [0.15, 0.2) is 0 Å². The van der Waals surface area contributed by atoms with Crippen molar-refractivity contribution in [2.75, 3.05) is 39.3 Å². The lowest BCUT2D eigenvalue weighted by molar-refractivity contribution is -0.127. The van der Waals surface area contributed by atoms with Gasteiger partial charge in [-0.2, -0.15) is 0 Å². The normalized spacial score (nSPS) is 21.2. The van der Waals surface area contributed by atoms with E-state index in [0.29, 0.717) is 6.10 Å². The first-order valence-corrected chi connectivity index (χ1v) is 11.5. The lowest BCUT2D eigenvalue weighted by Crippen LogP contribution is -2.49. The molecule has 0 saturated carbocycles. The van der Waals surface area contributed by atoms with Crippen LogP contribution in [0.25, 0.3) is 0 Å². The highest BCUT2D eigenvalue weighted by Crippen LogP contribution is 2.18. The van der Waals surface area contributed by atoms with Crippen molar-refractivity contribution < 1.29 is 9.53 Å². The number of carbonyl (C=O) groups is 1. The summed E-state index contributed by atoms with van der Waals surface area (Å²) in [6, 6.07) is 8.48. The molecule has 1 amide bonds. The number of ether oxygens (including phenoxy) is 1. The molecule has 0 aliphatic carbocycles. The first-order valence-electron chi connectivity index (χ1n) is 11.5. The summed E-state index contributed by atoms with van der Waals surface area (Å²) < 4.78 is 6.11. The van der Waals surface area contributed by atoms with E-state index in [1.54, 1.807) is 0 Å². The number of nitrogens with one attached hydrogen (secondary N) is 1. The summed E-state index contributed by atoms with van der Waals surface area (Å²) in [7, 11) is 0. The van der Waals surface area contributed by atoms with Crippen LogP contribution in [0.2, 0.25) is 0 Å². The zero-order valence-electron chi connectivity index (χ0n) is 18.5. The largest absolute Gasteiger partial charge is 0.377 e. The summed E-state index contributed by atoms with van der Waals surface area (Å²) in [5.74, 6) is 0.116. The van der Waals surface area contributed by atoms with E-state index in [1.807, 2.05) is 6.92 Å². The fraction of sp³-hybridized carbons (Fsp3) is 0.708.